The van der Waals surface area contributed by atoms with E-state index < -0.39 is 0 Å². The zero-order chi connectivity index (χ0) is 40.1. The molecule has 0 heterocycles. The molecule has 8 aromatic rings. The molecular weight excluding hydrogens is 711 g/mol. The van der Waals surface area contributed by atoms with Crippen LogP contribution in [0.1, 0.15) is 93.5 Å². The van der Waals surface area contributed by atoms with Crippen LogP contribution >= 0.6 is 0 Å². The molecule has 1 nitrogen and oxygen atoms in total. The molecule has 1 fully saturated rings. The van der Waals surface area contributed by atoms with E-state index in [0.29, 0.717) is 5.92 Å². The lowest BCUT2D eigenvalue weighted by Gasteiger charge is -2.32. The SMILES string of the molecule is CC(C)(C)c1ccc(N(c2ccccc2-c2cccc3c2-c2ccccc2C3(C)c2ccccc2)c2ccccc2-c2cccc3cccc(C4CCCCC4)c23)cc1. The van der Waals surface area contributed by atoms with Crippen LogP contribution in [-0.2, 0) is 10.8 Å². The van der Waals surface area contributed by atoms with E-state index in [2.05, 4.69) is 215 Å². The number of anilines is 3. The molecule has 1 heteroatoms. The average Bonchev–Trinajstić information content (AvgIpc) is 3.56. The number of fused-ring (bicyclic) bond motifs is 4. The Hall–Kier alpha value is -6.18. The topological polar surface area (TPSA) is 3.24 Å². The summed E-state index contributed by atoms with van der Waals surface area (Å²) in [5, 5.41) is 2.73. The molecule has 2 aliphatic carbocycles. The second-order valence-corrected chi connectivity index (χ2v) is 18.0. The Morgan fingerprint density at radius 1 is 0.475 bits per heavy atom. The van der Waals surface area contributed by atoms with Crippen LogP contribution in [0.4, 0.5) is 17.1 Å². The number of benzene rings is 8. The number of para-hydroxylation sites is 2. The number of hydrogen-bond acceptors (Lipinski definition) is 1. The lowest BCUT2D eigenvalue weighted by atomic mass is 9.74. The Labute approximate surface area is 351 Å². The summed E-state index contributed by atoms with van der Waals surface area (Å²) in [6, 6.07) is 68.6. The molecule has 0 amide bonds. The maximum absolute atomic E-state index is 2.54. The molecule has 0 bridgehead atoms. The average molecular weight is 764 g/mol. The van der Waals surface area contributed by atoms with Gasteiger partial charge in [-0.2, -0.15) is 0 Å². The van der Waals surface area contributed by atoms with Crippen molar-refractivity contribution >= 4 is 27.8 Å². The Balaban J connectivity index is 1.22. The molecule has 2 aliphatic rings. The second kappa shape index (κ2) is 14.9. The van der Waals surface area contributed by atoms with Crippen LogP contribution in [0.2, 0.25) is 0 Å². The van der Waals surface area contributed by atoms with Gasteiger partial charge in [0.15, 0.2) is 0 Å². The highest BCUT2D eigenvalue weighted by Crippen LogP contribution is 2.56. The van der Waals surface area contributed by atoms with E-state index in [0.717, 1.165) is 11.4 Å². The van der Waals surface area contributed by atoms with Crippen molar-refractivity contribution in [1.29, 1.82) is 0 Å². The first kappa shape index (κ1) is 37.1. The van der Waals surface area contributed by atoms with Gasteiger partial charge in [0.25, 0.3) is 0 Å². The molecular formula is C58H53N. The van der Waals surface area contributed by atoms with E-state index in [1.807, 2.05) is 0 Å². The third-order valence-electron chi connectivity index (χ3n) is 13.5. The van der Waals surface area contributed by atoms with Crippen molar-refractivity contribution in [2.75, 3.05) is 4.90 Å². The molecule has 0 saturated heterocycles. The standard InChI is InChI=1S/C58H53N/c1-57(2,3)42-36-38-44(39-37-42)59(53-34-15-12-26-46(53)48-30-18-23-41-22-17-29-45(55(41)48)40-20-7-5-8-21-40)54-35-16-13-27-47(54)49-31-19-33-52-56(49)50-28-11-14-32-51(50)58(52,4)43-24-9-6-10-25-43/h6,9-19,22-40H,5,7-8,20-21H2,1-4H3. The van der Waals surface area contributed by atoms with Gasteiger partial charge >= 0.3 is 0 Å². The molecule has 0 N–H and O–H groups in total. The number of nitrogens with zero attached hydrogens (tertiary/aromatic N) is 1. The summed E-state index contributed by atoms with van der Waals surface area (Å²) >= 11 is 0. The molecule has 290 valence electrons. The predicted molar refractivity (Wildman–Crippen MR) is 251 cm³/mol. The van der Waals surface area contributed by atoms with E-state index in [1.165, 1.54) is 110 Å². The van der Waals surface area contributed by atoms with Crippen molar-refractivity contribution in [1.82, 2.24) is 0 Å². The first-order chi connectivity index (χ1) is 28.8. The molecule has 8 aromatic carbocycles. The predicted octanol–water partition coefficient (Wildman–Crippen LogP) is 16.3. The maximum Gasteiger partial charge on any atom is 0.0540 e. The van der Waals surface area contributed by atoms with Gasteiger partial charge in [0.05, 0.1) is 11.4 Å². The maximum atomic E-state index is 2.54. The van der Waals surface area contributed by atoms with Crippen molar-refractivity contribution in [2.45, 2.75) is 76.5 Å². The second-order valence-electron chi connectivity index (χ2n) is 18.0. The molecule has 1 atom stereocenters. The minimum Gasteiger partial charge on any atom is -0.309 e. The molecule has 10 rings (SSSR count). The van der Waals surface area contributed by atoms with Crippen molar-refractivity contribution in [3.05, 3.63) is 210 Å². The summed E-state index contributed by atoms with van der Waals surface area (Å²) in [5.41, 5.74) is 17.8. The van der Waals surface area contributed by atoms with Gasteiger partial charge < -0.3 is 4.90 Å². The molecule has 1 saturated carbocycles. The normalized spacial score (nSPS) is 16.5. The Kier molecular flexibility index (Phi) is 9.36. The summed E-state index contributed by atoms with van der Waals surface area (Å²) in [4.78, 5) is 2.54. The van der Waals surface area contributed by atoms with Crippen LogP contribution < -0.4 is 4.90 Å². The van der Waals surface area contributed by atoms with Gasteiger partial charge in [-0.25, -0.2) is 0 Å². The smallest absolute Gasteiger partial charge is 0.0540 e. The monoisotopic (exact) mass is 763 g/mol. The van der Waals surface area contributed by atoms with E-state index >= 15 is 0 Å². The van der Waals surface area contributed by atoms with Gasteiger partial charge in [0.2, 0.25) is 0 Å². The van der Waals surface area contributed by atoms with Crippen LogP contribution in [0, 0.1) is 0 Å². The Morgan fingerprint density at radius 3 is 1.71 bits per heavy atom. The molecule has 0 spiro atoms. The van der Waals surface area contributed by atoms with E-state index in [-0.39, 0.29) is 10.8 Å². The summed E-state index contributed by atoms with van der Waals surface area (Å²) in [6.07, 6.45) is 6.51. The van der Waals surface area contributed by atoms with Gasteiger partial charge in [-0.15, -0.1) is 0 Å². The van der Waals surface area contributed by atoms with Gasteiger partial charge in [0.1, 0.15) is 0 Å². The summed E-state index contributed by atoms with van der Waals surface area (Å²) in [7, 11) is 0. The number of rotatable bonds is 7. The van der Waals surface area contributed by atoms with Gasteiger partial charge in [-0.05, 0) is 116 Å². The van der Waals surface area contributed by atoms with Crippen molar-refractivity contribution in [3.63, 3.8) is 0 Å². The van der Waals surface area contributed by atoms with Gasteiger partial charge in [-0.3, -0.25) is 0 Å². The Bertz CT molecular complexity index is 2790. The zero-order valence-electron chi connectivity index (χ0n) is 34.9. The zero-order valence-corrected chi connectivity index (χ0v) is 34.9. The molecule has 59 heavy (non-hydrogen) atoms. The largest absolute Gasteiger partial charge is 0.309 e. The minimum absolute atomic E-state index is 0.0427. The van der Waals surface area contributed by atoms with Crippen LogP contribution in [0.5, 0.6) is 0 Å². The van der Waals surface area contributed by atoms with Gasteiger partial charge in [0, 0.05) is 22.2 Å². The van der Waals surface area contributed by atoms with Crippen LogP contribution in [0.3, 0.4) is 0 Å². The lowest BCUT2D eigenvalue weighted by molar-refractivity contribution is 0.445. The molecule has 1 unspecified atom stereocenters. The first-order valence-electron chi connectivity index (χ1n) is 21.7. The van der Waals surface area contributed by atoms with Crippen molar-refractivity contribution in [2.24, 2.45) is 0 Å². The van der Waals surface area contributed by atoms with Crippen LogP contribution in [0.25, 0.3) is 44.2 Å². The quantitative estimate of drug-likeness (QED) is 0.156. The Morgan fingerprint density at radius 2 is 1.02 bits per heavy atom. The fourth-order valence-corrected chi connectivity index (χ4v) is 10.5. The molecule has 0 radical (unpaired) electrons. The van der Waals surface area contributed by atoms with Crippen LogP contribution in [-0.4, -0.2) is 0 Å². The highest BCUT2D eigenvalue weighted by molar-refractivity contribution is 6.05. The van der Waals surface area contributed by atoms with Crippen molar-refractivity contribution in [3.8, 4) is 33.4 Å². The van der Waals surface area contributed by atoms with Gasteiger partial charge in [-0.1, -0.05) is 198 Å². The van der Waals surface area contributed by atoms with Crippen LogP contribution in [0.15, 0.2) is 182 Å². The fourth-order valence-electron chi connectivity index (χ4n) is 10.5. The molecule has 0 aromatic heterocycles. The fraction of sp³-hybridized carbons (Fsp3) is 0.207. The summed E-state index contributed by atoms with van der Waals surface area (Å²) < 4.78 is 0. The lowest BCUT2D eigenvalue weighted by Crippen LogP contribution is -2.22. The van der Waals surface area contributed by atoms with Crippen molar-refractivity contribution < 1.29 is 0 Å². The van der Waals surface area contributed by atoms with E-state index in [9.17, 15) is 0 Å². The summed E-state index contributed by atoms with van der Waals surface area (Å²) in [6.45, 7) is 9.30. The minimum atomic E-state index is -0.280. The first-order valence-corrected chi connectivity index (χ1v) is 21.7. The third kappa shape index (κ3) is 6.31. The number of hydrogen-bond donors (Lipinski definition) is 0. The third-order valence-corrected chi connectivity index (χ3v) is 13.5. The van der Waals surface area contributed by atoms with E-state index in [4.69, 9.17) is 0 Å². The molecule has 0 aliphatic heterocycles. The highest BCUT2D eigenvalue weighted by Gasteiger charge is 2.42. The summed E-state index contributed by atoms with van der Waals surface area (Å²) in [5.74, 6) is 0.590. The van der Waals surface area contributed by atoms with E-state index in [1.54, 1.807) is 0 Å². The highest BCUT2D eigenvalue weighted by atomic mass is 15.1.